The Morgan fingerprint density at radius 3 is 2.53 bits per heavy atom. The van der Waals surface area contributed by atoms with Crippen LogP contribution in [0, 0.1) is 17.7 Å². The maximum absolute atomic E-state index is 13.3. The van der Waals surface area contributed by atoms with Crippen molar-refractivity contribution >= 4 is 17.8 Å². The predicted molar refractivity (Wildman–Crippen MR) is 142 cm³/mol. The molecule has 7 nitrogen and oxygen atoms in total. The van der Waals surface area contributed by atoms with Gasteiger partial charge in [0.2, 0.25) is 11.8 Å². The Morgan fingerprint density at radius 1 is 1.08 bits per heavy atom. The van der Waals surface area contributed by atoms with Crippen molar-refractivity contribution in [2.45, 2.75) is 57.5 Å². The number of cyclic esters (lactones) is 1. The molecule has 4 atom stereocenters. The Hall–Kier alpha value is -3.52. The van der Waals surface area contributed by atoms with Gasteiger partial charge in [0.25, 0.3) is 0 Å². The van der Waals surface area contributed by atoms with Crippen LogP contribution in [0.25, 0.3) is 0 Å². The molecule has 0 fully saturated rings. The first-order chi connectivity index (χ1) is 18.3. The van der Waals surface area contributed by atoms with Crippen molar-refractivity contribution in [3.05, 3.63) is 83.7 Å². The molecule has 2 aromatic carbocycles. The number of carbonyl (C=O) groups excluding carboxylic acids is 3. The second-order valence-electron chi connectivity index (χ2n) is 9.89. The third-order valence-corrected chi connectivity index (χ3v) is 6.58. The summed E-state index contributed by atoms with van der Waals surface area (Å²) in [5, 5.41) is 15.4. The SMILES string of the molecule is C[C@@H]1COC(=O)[C@H](Cc2ccc(F)cc2)CC/C=C/C[C@@H](CC(=O)N[C@@H](CO)Cc2ccccc2)C(=O)N1. The number of hydrogen-bond acceptors (Lipinski definition) is 5. The molecule has 0 bridgehead atoms. The van der Waals surface area contributed by atoms with Gasteiger partial charge in [0, 0.05) is 6.42 Å². The largest absolute Gasteiger partial charge is 0.463 e. The number of allylic oxidation sites excluding steroid dienone is 2. The van der Waals surface area contributed by atoms with Gasteiger partial charge in [0.05, 0.1) is 30.5 Å². The smallest absolute Gasteiger partial charge is 0.309 e. The molecule has 3 rings (SSSR count). The number of nitrogens with one attached hydrogen (secondary N) is 2. The summed E-state index contributed by atoms with van der Waals surface area (Å²) in [6, 6.07) is 14.8. The molecule has 38 heavy (non-hydrogen) atoms. The van der Waals surface area contributed by atoms with E-state index in [4.69, 9.17) is 4.74 Å². The lowest BCUT2D eigenvalue weighted by molar-refractivity contribution is -0.150. The van der Waals surface area contributed by atoms with Gasteiger partial charge in [-0.15, -0.1) is 0 Å². The molecule has 8 heteroatoms. The van der Waals surface area contributed by atoms with Gasteiger partial charge in [-0.25, -0.2) is 4.39 Å². The summed E-state index contributed by atoms with van der Waals surface area (Å²) < 4.78 is 18.8. The molecular formula is C30H37FN2O5. The van der Waals surface area contributed by atoms with Gasteiger partial charge in [-0.05, 0) is 62.3 Å². The molecule has 1 aliphatic heterocycles. The van der Waals surface area contributed by atoms with E-state index in [1.807, 2.05) is 42.5 Å². The highest BCUT2D eigenvalue weighted by atomic mass is 19.1. The van der Waals surface area contributed by atoms with Gasteiger partial charge >= 0.3 is 5.97 Å². The van der Waals surface area contributed by atoms with Crippen molar-refractivity contribution in [2.75, 3.05) is 13.2 Å². The zero-order chi connectivity index (χ0) is 27.3. The number of carbonyl (C=O) groups is 3. The van der Waals surface area contributed by atoms with Crippen molar-refractivity contribution in [1.82, 2.24) is 10.6 Å². The van der Waals surface area contributed by atoms with E-state index in [-0.39, 0.29) is 43.2 Å². The van der Waals surface area contributed by atoms with Crippen LogP contribution in [-0.4, -0.2) is 48.2 Å². The van der Waals surface area contributed by atoms with Crippen LogP contribution in [-0.2, 0) is 32.0 Å². The molecule has 0 aliphatic carbocycles. The number of halogens is 1. The zero-order valence-corrected chi connectivity index (χ0v) is 21.8. The first-order valence-electron chi connectivity index (χ1n) is 13.1. The minimum absolute atomic E-state index is 0.0144. The third-order valence-electron chi connectivity index (χ3n) is 6.58. The number of aliphatic hydroxyl groups excluding tert-OH is 1. The summed E-state index contributed by atoms with van der Waals surface area (Å²) in [7, 11) is 0. The average Bonchev–Trinajstić information content (AvgIpc) is 2.91. The Kier molecular flexibility index (Phi) is 11.5. The summed E-state index contributed by atoms with van der Waals surface area (Å²) in [5.74, 6) is -2.28. The molecule has 1 aliphatic rings. The Labute approximate surface area is 223 Å². The van der Waals surface area contributed by atoms with E-state index in [1.54, 1.807) is 19.1 Å². The topological polar surface area (TPSA) is 105 Å². The number of hydrogen-bond donors (Lipinski definition) is 3. The number of benzene rings is 2. The van der Waals surface area contributed by atoms with Crippen molar-refractivity contribution in [1.29, 1.82) is 0 Å². The van der Waals surface area contributed by atoms with Gasteiger partial charge in [-0.1, -0.05) is 54.6 Å². The molecule has 1 heterocycles. The second-order valence-corrected chi connectivity index (χ2v) is 9.89. The van der Waals surface area contributed by atoms with Crippen LogP contribution in [0.5, 0.6) is 0 Å². The lowest BCUT2D eigenvalue weighted by Gasteiger charge is -2.21. The van der Waals surface area contributed by atoms with E-state index in [1.165, 1.54) is 12.1 Å². The highest BCUT2D eigenvalue weighted by molar-refractivity contribution is 5.86. The summed E-state index contributed by atoms with van der Waals surface area (Å²) in [4.78, 5) is 38.5. The molecule has 0 unspecified atom stereocenters. The number of rotatable bonds is 8. The van der Waals surface area contributed by atoms with Crippen molar-refractivity contribution < 1.29 is 28.6 Å². The Bertz CT molecular complexity index is 1070. The lowest BCUT2D eigenvalue weighted by atomic mass is 9.94. The highest BCUT2D eigenvalue weighted by Crippen LogP contribution is 2.19. The Balaban J connectivity index is 1.61. The van der Waals surface area contributed by atoms with Crippen LogP contribution < -0.4 is 10.6 Å². The summed E-state index contributed by atoms with van der Waals surface area (Å²) >= 11 is 0. The minimum Gasteiger partial charge on any atom is -0.463 e. The van der Waals surface area contributed by atoms with E-state index in [2.05, 4.69) is 10.6 Å². The highest BCUT2D eigenvalue weighted by Gasteiger charge is 2.26. The van der Waals surface area contributed by atoms with E-state index < -0.39 is 23.9 Å². The maximum atomic E-state index is 13.3. The number of aliphatic hydroxyl groups is 1. The molecule has 0 spiro atoms. The summed E-state index contributed by atoms with van der Waals surface area (Å²) in [5.41, 5.74) is 1.85. The van der Waals surface area contributed by atoms with Crippen LogP contribution in [0.4, 0.5) is 4.39 Å². The molecule has 2 amide bonds. The first kappa shape index (κ1) is 29.0. The van der Waals surface area contributed by atoms with Crippen LogP contribution in [0.1, 0.15) is 43.7 Å². The molecule has 0 saturated heterocycles. The number of esters is 1. The van der Waals surface area contributed by atoms with Crippen molar-refractivity contribution in [3.63, 3.8) is 0 Å². The quantitative estimate of drug-likeness (QED) is 0.362. The predicted octanol–water partition coefficient (Wildman–Crippen LogP) is 3.50. The lowest BCUT2D eigenvalue weighted by Crippen LogP contribution is -2.44. The monoisotopic (exact) mass is 524 g/mol. The average molecular weight is 525 g/mol. The van der Waals surface area contributed by atoms with E-state index in [9.17, 15) is 23.9 Å². The fourth-order valence-electron chi connectivity index (χ4n) is 4.46. The third kappa shape index (κ3) is 9.74. The molecule has 0 radical (unpaired) electrons. The maximum Gasteiger partial charge on any atom is 0.309 e. The van der Waals surface area contributed by atoms with Crippen LogP contribution in [0.3, 0.4) is 0 Å². The fourth-order valence-corrected chi connectivity index (χ4v) is 4.46. The normalized spacial score (nSPS) is 22.6. The van der Waals surface area contributed by atoms with Gasteiger partial charge in [-0.3, -0.25) is 14.4 Å². The van der Waals surface area contributed by atoms with Gasteiger partial charge in [-0.2, -0.15) is 0 Å². The number of ether oxygens (including phenoxy) is 1. The van der Waals surface area contributed by atoms with E-state index in [0.717, 1.165) is 11.1 Å². The van der Waals surface area contributed by atoms with Gasteiger partial charge in [0.15, 0.2) is 0 Å². The zero-order valence-electron chi connectivity index (χ0n) is 21.8. The number of amides is 2. The molecule has 0 saturated carbocycles. The summed E-state index contributed by atoms with van der Waals surface area (Å²) in [6.45, 7) is 1.55. The summed E-state index contributed by atoms with van der Waals surface area (Å²) in [6.07, 6.45) is 6.19. The first-order valence-corrected chi connectivity index (χ1v) is 13.1. The molecule has 0 aromatic heterocycles. The van der Waals surface area contributed by atoms with Crippen molar-refractivity contribution in [2.24, 2.45) is 11.8 Å². The van der Waals surface area contributed by atoms with Gasteiger partial charge in [0.1, 0.15) is 12.4 Å². The van der Waals surface area contributed by atoms with Crippen LogP contribution >= 0.6 is 0 Å². The van der Waals surface area contributed by atoms with Crippen molar-refractivity contribution in [3.8, 4) is 0 Å². The molecule has 2 aromatic rings. The van der Waals surface area contributed by atoms with E-state index >= 15 is 0 Å². The van der Waals surface area contributed by atoms with Crippen LogP contribution in [0.15, 0.2) is 66.7 Å². The molecule has 3 N–H and O–H groups in total. The fraction of sp³-hybridized carbons (Fsp3) is 0.433. The standard InChI is InChI=1S/C30H37FN2O5/c1-21-20-38-30(37)25(16-23-12-14-26(31)15-13-23)11-7-3-6-10-24(29(36)32-21)18-28(35)33-27(19-34)17-22-8-4-2-5-9-22/h2-6,8-9,12-15,21,24-25,27,34H,7,10-11,16-20H2,1H3,(H,32,36)(H,33,35)/b6-3+/t21-,24+,25+,27-/m1/s1. The molecular weight excluding hydrogens is 487 g/mol. The Morgan fingerprint density at radius 2 is 1.82 bits per heavy atom. The van der Waals surface area contributed by atoms with Gasteiger partial charge < -0.3 is 20.5 Å². The minimum atomic E-state index is -0.601. The van der Waals surface area contributed by atoms with E-state index in [0.29, 0.717) is 32.1 Å². The second kappa shape index (κ2) is 15.0. The molecule has 204 valence electrons. The van der Waals surface area contributed by atoms with Crippen LogP contribution in [0.2, 0.25) is 0 Å².